The minimum absolute atomic E-state index is 0.111. The predicted octanol–water partition coefficient (Wildman–Crippen LogP) is 6.43. The van der Waals surface area contributed by atoms with E-state index in [9.17, 15) is 14.9 Å². The highest BCUT2D eigenvalue weighted by Crippen LogP contribution is 2.35. The Morgan fingerprint density at radius 1 is 1.06 bits per heavy atom. The van der Waals surface area contributed by atoms with Gasteiger partial charge in [-0.3, -0.25) is 4.79 Å². The van der Waals surface area contributed by atoms with Crippen LogP contribution >= 0.6 is 23.2 Å². The Morgan fingerprint density at radius 3 is 2.29 bits per heavy atom. The van der Waals surface area contributed by atoms with Gasteiger partial charge in [0.25, 0.3) is 5.91 Å². The summed E-state index contributed by atoms with van der Waals surface area (Å²) in [4.78, 5) is 23.6. The lowest BCUT2D eigenvalue weighted by molar-refractivity contribution is -0.112. The number of nitriles is 1. The van der Waals surface area contributed by atoms with E-state index in [-0.39, 0.29) is 33.5 Å². The monoisotopic (exact) mass is 494 g/mol. The van der Waals surface area contributed by atoms with Crippen LogP contribution in [0.4, 0.5) is 5.69 Å². The molecule has 3 aromatic rings. The van der Waals surface area contributed by atoms with Crippen LogP contribution in [0.3, 0.4) is 0 Å². The summed E-state index contributed by atoms with van der Waals surface area (Å²) in [6.45, 7) is 3.90. The van der Waals surface area contributed by atoms with Crippen LogP contribution in [0, 0.1) is 25.2 Å². The van der Waals surface area contributed by atoms with Gasteiger partial charge in [-0.25, -0.2) is 4.79 Å². The van der Waals surface area contributed by atoms with E-state index in [0.717, 1.165) is 16.7 Å². The van der Waals surface area contributed by atoms with Crippen molar-refractivity contribution < 1.29 is 19.4 Å². The van der Waals surface area contributed by atoms with Gasteiger partial charge >= 0.3 is 5.97 Å². The Bertz CT molecular complexity index is 1300. The molecular formula is C26H20Cl2N2O4. The summed E-state index contributed by atoms with van der Waals surface area (Å²) < 4.78 is 5.71. The van der Waals surface area contributed by atoms with Crippen LogP contribution in [0.2, 0.25) is 10.0 Å². The zero-order chi connectivity index (χ0) is 24.8. The molecule has 6 nitrogen and oxygen atoms in total. The zero-order valence-electron chi connectivity index (χ0n) is 18.4. The van der Waals surface area contributed by atoms with Gasteiger partial charge in [0.1, 0.15) is 18.2 Å². The van der Waals surface area contributed by atoms with Gasteiger partial charge in [-0.15, -0.1) is 0 Å². The number of carboxylic acid groups (broad SMARTS) is 1. The molecule has 0 spiro atoms. The van der Waals surface area contributed by atoms with Crippen molar-refractivity contribution in [3.05, 3.63) is 98.0 Å². The SMILES string of the molecule is Cc1ccc(C)c(NC(=O)/C(C#N)=C/c2cc(Cl)c(OCc3ccc(C(=O)O)cc3)c(Cl)c2)c1. The van der Waals surface area contributed by atoms with Crippen LogP contribution < -0.4 is 10.1 Å². The van der Waals surface area contributed by atoms with Crippen LogP contribution in [0.5, 0.6) is 5.75 Å². The summed E-state index contributed by atoms with van der Waals surface area (Å²) in [5.41, 5.74) is 3.74. The van der Waals surface area contributed by atoms with E-state index in [0.29, 0.717) is 11.3 Å². The number of hydrogen-bond donors (Lipinski definition) is 2. The van der Waals surface area contributed by atoms with Crippen LogP contribution in [-0.2, 0) is 11.4 Å². The summed E-state index contributed by atoms with van der Waals surface area (Å²) in [7, 11) is 0. The molecule has 0 bridgehead atoms. The molecule has 1 amide bonds. The second kappa shape index (κ2) is 10.9. The molecule has 3 rings (SSSR count). The molecule has 0 aliphatic rings. The second-order valence-electron chi connectivity index (χ2n) is 7.55. The van der Waals surface area contributed by atoms with Gasteiger partial charge in [0, 0.05) is 5.69 Å². The molecule has 0 fully saturated rings. The van der Waals surface area contributed by atoms with E-state index >= 15 is 0 Å². The van der Waals surface area contributed by atoms with Crippen LogP contribution in [-0.4, -0.2) is 17.0 Å². The molecule has 8 heteroatoms. The molecule has 0 aromatic heterocycles. The van der Waals surface area contributed by atoms with E-state index in [1.54, 1.807) is 24.3 Å². The quantitative estimate of drug-likeness (QED) is 0.291. The lowest BCUT2D eigenvalue weighted by Crippen LogP contribution is -2.14. The lowest BCUT2D eigenvalue weighted by atomic mass is 10.1. The summed E-state index contributed by atoms with van der Waals surface area (Å²) in [6, 6.07) is 16.9. The van der Waals surface area contributed by atoms with Gasteiger partial charge in [0.05, 0.1) is 15.6 Å². The van der Waals surface area contributed by atoms with Crippen molar-refractivity contribution >= 4 is 46.8 Å². The highest BCUT2D eigenvalue weighted by molar-refractivity contribution is 6.37. The topological polar surface area (TPSA) is 99.4 Å². The molecule has 0 heterocycles. The summed E-state index contributed by atoms with van der Waals surface area (Å²) in [6.07, 6.45) is 1.40. The molecule has 0 radical (unpaired) electrons. The van der Waals surface area contributed by atoms with Gasteiger partial charge in [-0.2, -0.15) is 5.26 Å². The highest BCUT2D eigenvalue weighted by atomic mass is 35.5. The number of aryl methyl sites for hydroxylation is 2. The molecule has 2 N–H and O–H groups in total. The molecule has 0 aliphatic carbocycles. The largest absolute Gasteiger partial charge is 0.486 e. The minimum atomic E-state index is -1.01. The third kappa shape index (κ3) is 6.16. The first-order valence-electron chi connectivity index (χ1n) is 10.1. The molecule has 0 saturated heterocycles. The third-order valence-corrected chi connectivity index (χ3v) is 5.48. The Kier molecular flexibility index (Phi) is 7.95. The summed E-state index contributed by atoms with van der Waals surface area (Å²) in [5, 5.41) is 21.6. The van der Waals surface area contributed by atoms with E-state index < -0.39 is 11.9 Å². The molecule has 0 aliphatic heterocycles. The second-order valence-corrected chi connectivity index (χ2v) is 8.36. The Hall–Kier alpha value is -3.79. The predicted molar refractivity (Wildman–Crippen MR) is 132 cm³/mol. The number of carbonyl (C=O) groups is 2. The number of benzene rings is 3. The number of anilines is 1. The van der Waals surface area contributed by atoms with Gasteiger partial charge < -0.3 is 15.2 Å². The van der Waals surface area contributed by atoms with Crippen molar-refractivity contribution in [3.8, 4) is 11.8 Å². The number of halogens is 2. The van der Waals surface area contributed by atoms with Crippen molar-refractivity contribution in [2.75, 3.05) is 5.32 Å². The molecular weight excluding hydrogens is 475 g/mol. The highest BCUT2D eigenvalue weighted by Gasteiger charge is 2.14. The number of aromatic carboxylic acids is 1. The van der Waals surface area contributed by atoms with Gasteiger partial charge in [0.2, 0.25) is 0 Å². The maximum absolute atomic E-state index is 12.6. The average molecular weight is 495 g/mol. The Morgan fingerprint density at radius 2 is 1.71 bits per heavy atom. The smallest absolute Gasteiger partial charge is 0.335 e. The van der Waals surface area contributed by atoms with Crippen molar-refractivity contribution in [2.24, 2.45) is 0 Å². The first-order valence-corrected chi connectivity index (χ1v) is 10.9. The van der Waals surface area contributed by atoms with Gasteiger partial charge in [-0.1, -0.05) is 47.5 Å². The van der Waals surface area contributed by atoms with Crippen LogP contribution in [0.25, 0.3) is 6.08 Å². The number of nitrogens with one attached hydrogen (secondary N) is 1. The maximum atomic E-state index is 12.6. The number of amides is 1. The van der Waals surface area contributed by atoms with Crippen LogP contribution in [0.15, 0.2) is 60.2 Å². The van der Waals surface area contributed by atoms with Crippen LogP contribution in [0.1, 0.15) is 32.6 Å². The first-order chi connectivity index (χ1) is 16.2. The number of hydrogen-bond acceptors (Lipinski definition) is 4. The van der Waals surface area contributed by atoms with E-state index in [2.05, 4.69) is 5.32 Å². The van der Waals surface area contributed by atoms with Crippen molar-refractivity contribution in [3.63, 3.8) is 0 Å². The average Bonchev–Trinajstić information content (AvgIpc) is 2.79. The standard InChI is InChI=1S/C26H20Cl2N2O4/c1-15-3-4-16(2)23(9-15)30-25(31)20(13-29)10-18-11-21(27)24(22(28)12-18)34-14-17-5-7-19(8-6-17)26(32)33/h3-12H,14H2,1-2H3,(H,30,31)(H,32,33)/b20-10+. The summed E-state index contributed by atoms with van der Waals surface area (Å²) >= 11 is 12.7. The summed E-state index contributed by atoms with van der Waals surface area (Å²) in [5.74, 6) is -1.32. The fourth-order valence-corrected chi connectivity index (χ4v) is 3.69. The first kappa shape index (κ1) is 24.8. The number of ether oxygens (including phenoxy) is 1. The van der Waals surface area contributed by atoms with E-state index in [1.807, 2.05) is 38.1 Å². The minimum Gasteiger partial charge on any atom is -0.486 e. The van der Waals surface area contributed by atoms with E-state index in [1.165, 1.54) is 18.2 Å². The molecule has 172 valence electrons. The molecule has 0 unspecified atom stereocenters. The van der Waals surface area contributed by atoms with Crippen molar-refractivity contribution in [1.29, 1.82) is 5.26 Å². The lowest BCUT2D eigenvalue weighted by Gasteiger charge is -2.12. The molecule has 0 atom stereocenters. The normalized spacial score (nSPS) is 11.0. The molecule has 0 saturated carbocycles. The number of nitrogens with zero attached hydrogens (tertiary/aromatic N) is 1. The Labute approximate surface area is 207 Å². The van der Waals surface area contributed by atoms with Crippen molar-refractivity contribution in [1.82, 2.24) is 0 Å². The third-order valence-electron chi connectivity index (χ3n) is 4.92. The molecule has 3 aromatic carbocycles. The number of rotatable bonds is 7. The van der Waals surface area contributed by atoms with Crippen molar-refractivity contribution in [2.45, 2.75) is 20.5 Å². The Balaban J connectivity index is 1.76. The van der Waals surface area contributed by atoms with Gasteiger partial charge in [0.15, 0.2) is 5.75 Å². The van der Waals surface area contributed by atoms with E-state index in [4.69, 9.17) is 33.0 Å². The number of carbonyl (C=O) groups excluding carboxylic acids is 1. The zero-order valence-corrected chi connectivity index (χ0v) is 19.9. The fourth-order valence-electron chi connectivity index (χ4n) is 3.08. The number of carboxylic acids is 1. The fraction of sp³-hybridized carbons (Fsp3) is 0.115. The maximum Gasteiger partial charge on any atom is 0.335 e. The van der Waals surface area contributed by atoms with Gasteiger partial charge in [-0.05, 0) is 72.5 Å². The molecule has 34 heavy (non-hydrogen) atoms.